The predicted octanol–water partition coefficient (Wildman–Crippen LogP) is 2.15. The van der Waals surface area contributed by atoms with Gasteiger partial charge in [0.2, 0.25) is 10.0 Å². The third kappa shape index (κ3) is 3.42. The van der Waals surface area contributed by atoms with E-state index in [2.05, 4.69) is 5.32 Å². The first-order valence-corrected chi connectivity index (χ1v) is 9.25. The topological polar surface area (TPSA) is 92.6 Å². The lowest BCUT2D eigenvalue weighted by atomic mass is 10.1. The van der Waals surface area contributed by atoms with Crippen molar-refractivity contribution in [3.63, 3.8) is 0 Å². The van der Waals surface area contributed by atoms with Crippen LogP contribution in [0.15, 0.2) is 17.0 Å². The fourth-order valence-corrected chi connectivity index (χ4v) is 5.29. The summed E-state index contributed by atoms with van der Waals surface area (Å²) in [5.74, 6) is 0. The van der Waals surface area contributed by atoms with Crippen molar-refractivity contribution in [2.45, 2.75) is 50.1 Å². The van der Waals surface area contributed by atoms with Gasteiger partial charge in [-0.05, 0) is 44.7 Å². The molecular formula is C15H22ClN3O4S. The Balaban J connectivity index is 0.00000208. The van der Waals surface area contributed by atoms with Gasteiger partial charge in [0.15, 0.2) is 0 Å². The average molecular weight is 376 g/mol. The standard InChI is InChI=1S/C15H21N3O4S.ClH/c1-10-7-11(2)15(8-14(10)18(19)20)23(21,22)17-6-5-12-3-4-13(9-17)16-12;/h7-8,12-13,16H,3-6,9H2,1-2H3;1H. The molecule has 0 amide bonds. The van der Waals surface area contributed by atoms with E-state index in [4.69, 9.17) is 0 Å². The Kier molecular flexibility index (Phi) is 5.54. The summed E-state index contributed by atoms with van der Waals surface area (Å²) in [6.45, 7) is 4.19. The molecule has 2 aliphatic heterocycles. The first-order chi connectivity index (χ1) is 10.8. The van der Waals surface area contributed by atoms with Gasteiger partial charge in [-0.25, -0.2) is 8.42 Å². The van der Waals surface area contributed by atoms with Gasteiger partial charge in [-0.15, -0.1) is 12.4 Å². The maximum absolute atomic E-state index is 13.0. The van der Waals surface area contributed by atoms with Crippen molar-refractivity contribution in [2.75, 3.05) is 13.1 Å². The zero-order valence-electron chi connectivity index (χ0n) is 13.7. The molecule has 0 aromatic heterocycles. The van der Waals surface area contributed by atoms with Gasteiger partial charge in [0.25, 0.3) is 5.69 Å². The van der Waals surface area contributed by atoms with Crippen molar-refractivity contribution in [2.24, 2.45) is 0 Å². The van der Waals surface area contributed by atoms with Crippen molar-refractivity contribution in [3.8, 4) is 0 Å². The summed E-state index contributed by atoms with van der Waals surface area (Å²) in [7, 11) is -3.72. The molecule has 24 heavy (non-hydrogen) atoms. The molecule has 134 valence electrons. The normalized spacial score (nSPS) is 24.2. The Morgan fingerprint density at radius 3 is 2.50 bits per heavy atom. The fraction of sp³-hybridized carbons (Fsp3) is 0.600. The highest BCUT2D eigenvalue weighted by Gasteiger charge is 2.36. The van der Waals surface area contributed by atoms with Gasteiger partial charge >= 0.3 is 0 Å². The van der Waals surface area contributed by atoms with Crippen LogP contribution in [0.5, 0.6) is 0 Å². The maximum Gasteiger partial charge on any atom is 0.273 e. The molecule has 2 heterocycles. The van der Waals surface area contributed by atoms with Crippen LogP contribution in [-0.4, -0.2) is 42.8 Å². The minimum Gasteiger partial charge on any atom is -0.310 e. The molecule has 0 aliphatic carbocycles. The summed E-state index contributed by atoms with van der Waals surface area (Å²) < 4.78 is 27.5. The van der Waals surface area contributed by atoms with Gasteiger partial charge < -0.3 is 5.32 Å². The molecule has 0 spiro atoms. The van der Waals surface area contributed by atoms with Gasteiger partial charge in [0.05, 0.1) is 9.82 Å². The van der Waals surface area contributed by atoms with Crippen LogP contribution in [0.25, 0.3) is 0 Å². The van der Waals surface area contributed by atoms with Crippen molar-refractivity contribution in [1.29, 1.82) is 0 Å². The van der Waals surface area contributed by atoms with Crippen molar-refractivity contribution < 1.29 is 13.3 Å². The molecule has 2 aliphatic rings. The van der Waals surface area contributed by atoms with Crippen LogP contribution in [0.1, 0.15) is 30.4 Å². The smallest absolute Gasteiger partial charge is 0.273 e. The molecule has 0 radical (unpaired) electrons. The Labute approximate surface area is 148 Å². The zero-order chi connectivity index (χ0) is 16.8. The number of hydrogen-bond acceptors (Lipinski definition) is 5. The summed E-state index contributed by atoms with van der Waals surface area (Å²) >= 11 is 0. The first-order valence-electron chi connectivity index (χ1n) is 7.81. The van der Waals surface area contributed by atoms with E-state index < -0.39 is 14.9 Å². The van der Waals surface area contributed by atoms with E-state index in [1.54, 1.807) is 19.9 Å². The van der Waals surface area contributed by atoms with Crippen LogP contribution in [0.4, 0.5) is 5.69 Å². The van der Waals surface area contributed by atoms with Crippen LogP contribution in [0, 0.1) is 24.0 Å². The molecule has 1 aromatic carbocycles. The van der Waals surface area contributed by atoms with Crippen molar-refractivity contribution >= 4 is 28.1 Å². The molecule has 0 saturated carbocycles. The Hall–Kier alpha value is -1.22. The molecule has 2 atom stereocenters. The maximum atomic E-state index is 13.0. The minimum atomic E-state index is -3.72. The van der Waals surface area contributed by atoms with Crippen molar-refractivity contribution in [1.82, 2.24) is 9.62 Å². The van der Waals surface area contributed by atoms with E-state index >= 15 is 0 Å². The van der Waals surface area contributed by atoms with Crippen LogP contribution in [0.2, 0.25) is 0 Å². The lowest BCUT2D eigenvalue weighted by Crippen LogP contribution is -2.39. The second kappa shape index (κ2) is 6.95. The summed E-state index contributed by atoms with van der Waals surface area (Å²) in [6, 6.07) is 3.34. The number of sulfonamides is 1. The molecule has 1 N–H and O–H groups in total. The number of benzene rings is 1. The first kappa shape index (κ1) is 19.1. The van der Waals surface area contributed by atoms with Gasteiger partial charge in [-0.1, -0.05) is 0 Å². The molecule has 2 saturated heterocycles. The second-order valence-corrected chi connectivity index (χ2v) is 8.36. The minimum absolute atomic E-state index is 0. The highest BCUT2D eigenvalue weighted by molar-refractivity contribution is 7.89. The average Bonchev–Trinajstić information content (AvgIpc) is 2.76. The molecule has 7 nitrogen and oxygen atoms in total. The Bertz CT molecular complexity index is 753. The number of hydrogen-bond donors (Lipinski definition) is 1. The van der Waals surface area contributed by atoms with Gasteiger partial charge in [-0.2, -0.15) is 4.31 Å². The third-order valence-corrected chi connectivity index (χ3v) is 6.80. The summed E-state index contributed by atoms with van der Waals surface area (Å²) in [5.41, 5.74) is 0.877. The number of nitro benzene ring substituents is 1. The quantitative estimate of drug-likeness (QED) is 0.645. The fourth-order valence-electron chi connectivity index (χ4n) is 3.56. The van der Waals surface area contributed by atoms with E-state index in [0.29, 0.717) is 30.3 Å². The Morgan fingerprint density at radius 2 is 1.83 bits per heavy atom. The molecular weight excluding hydrogens is 354 g/mol. The molecule has 2 fully saturated rings. The van der Waals surface area contributed by atoms with Crippen LogP contribution < -0.4 is 5.32 Å². The third-order valence-electron chi connectivity index (χ3n) is 4.79. The van der Waals surface area contributed by atoms with E-state index in [-0.39, 0.29) is 29.0 Å². The number of nitrogens with zero attached hydrogens (tertiary/aromatic N) is 2. The van der Waals surface area contributed by atoms with Gasteiger partial charge in [0, 0.05) is 36.8 Å². The van der Waals surface area contributed by atoms with Crippen LogP contribution in [-0.2, 0) is 10.0 Å². The zero-order valence-corrected chi connectivity index (χ0v) is 15.3. The highest BCUT2D eigenvalue weighted by atomic mass is 35.5. The van der Waals surface area contributed by atoms with E-state index in [1.165, 1.54) is 10.4 Å². The molecule has 2 bridgehead atoms. The number of halogens is 1. The van der Waals surface area contributed by atoms with Gasteiger partial charge in [0.1, 0.15) is 0 Å². The molecule has 2 unspecified atom stereocenters. The summed E-state index contributed by atoms with van der Waals surface area (Å²) in [5, 5.41) is 14.6. The van der Waals surface area contributed by atoms with E-state index in [0.717, 1.165) is 19.3 Å². The molecule has 1 aromatic rings. The highest BCUT2D eigenvalue weighted by Crippen LogP contribution is 2.30. The van der Waals surface area contributed by atoms with E-state index in [9.17, 15) is 18.5 Å². The summed E-state index contributed by atoms with van der Waals surface area (Å²) in [4.78, 5) is 10.7. The van der Waals surface area contributed by atoms with Gasteiger partial charge in [-0.3, -0.25) is 10.1 Å². The number of nitrogens with one attached hydrogen (secondary N) is 1. The number of fused-ring (bicyclic) bond motifs is 2. The largest absolute Gasteiger partial charge is 0.310 e. The number of aryl methyl sites for hydroxylation is 2. The van der Waals surface area contributed by atoms with Crippen LogP contribution in [0.3, 0.4) is 0 Å². The van der Waals surface area contributed by atoms with Crippen molar-refractivity contribution in [3.05, 3.63) is 33.4 Å². The van der Waals surface area contributed by atoms with Crippen LogP contribution >= 0.6 is 12.4 Å². The summed E-state index contributed by atoms with van der Waals surface area (Å²) in [6.07, 6.45) is 2.85. The number of nitro groups is 1. The Morgan fingerprint density at radius 1 is 1.17 bits per heavy atom. The second-order valence-electron chi connectivity index (χ2n) is 6.45. The number of rotatable bonds is 3. The van der Waals surface area contributed by atoms with E-state index in [1.807, 2.05) is 0 Å². The monoisotopic (exact) mass is 375 g/mol. The SMILES string of the molecule is Cc1cc(C)c(S(=O)(=O)N2CCC3CCC(C2)N3)cc1[N+](=O)[O-].Cl. The lowest BCUT2D eigenvalue weighted by molar-refractivity contribution is -0.385. The lowest BCUT2D eigenvalue weighted by Gasteiger charge is -2.24. The predicted molar refractivity (Wildman–Crippen MR) is 93.1 cm³/mol. The molecule has 3 rings (SSSR count). The molecule has 9 heteroatoms.